The summed E-state index contributed by atoms with van der Waals surface area (Å²) in [5.41, 5.74) is 5.49. The van der Waals surface area contributed by atoms with E-state index in [-0.39, 0.29) is 12.5 Å². The third kappa shape index (κ3) is 2.93. The van der Waals surface area contributed by atoms with E-state index in [9.17, 15) is 4.79 Å². The zero-order valence-corrected chi connectivity index (χ0v) is 15.3. The van der Waals surface area contributed by atoms with Crippen molar-refractivity contribution in [3.05, 3.63) is 72.4 Å². The topological polar surface area (TPSA) is 94.2 Å². The summed E-state index contributed by atoms with van der Waals surface area (Å²) in [7, 11) is 0. The molecule has 0 spiro atoms. The summed E-state index contributed by atoms with van der Waals surface area (Å²) in [5.74, 6) is 0.734. The number of benzene rings is 2. The molecule has 29 heavy (non-hydrogen) atoms. The second kappa shape index (κ2) is 6.69. The first-order valence-corrected chi connectivity index (χ1v) is 9.14. The number of rotatable bonds is 3. The van der Waals surface area contributed by atoms with Gasteiger partial charge in [0.1, 0.15) is 17.2 Å². The Hall–Kier alpha value is -4.31. The molecule has 0 radical (unpaired) electrons. The molecule has 2 aromatic carbocycles. The van der Waals surface area contributed by atoms with Crippen LogP contribution in [0, 0.1) is 11.3 Å². The number of hydrogen-bond acceptors (Lipinski definition) is 5. The van der Waals surface area contributed by atoms with E-state index in [0.29, 0.717) is 5.56 Å². The molecule has 7 nitrogen and oxygen atoms in total. The number of nitriles is 1. The third-order valence-electron chi connectivity index (χ3n) is 4.83. The predicted octanol–water partition coefficient (Wildman–Crippen LogP) is 3.98. The van der Waals surface area contributed by atoms with Gasteiger partial charge in [-0.2, -0.15) is 5.26 Å². The normalized spacial score (nSPS) is 12.6. The number of pyridine rings is 1. The quantitative estimate of drug-likeness (QED) is 0.500. The molecule has 0 fully saturated rings. The lowest BCUT2D eigenvalue weighted by Gasteiger charge is -2.21. The molecule has 5 rings (SSSR count). The summed E-state index contributed by atoms with van der Waals surface area (Å²) in [6.07, 6.45) is 1.95. The molecule has 0 unspecified atom stereocenters. The molecule has 4 aromatic rings. The molecule has 140 valence electrons. The van der Waals surface area contributed by atoms with E-state index in [1.54, 1.807) is 12.1 Å². The predicted molar refractivity (Wildman–Crippen MR) is 112 cm³/mol. The van der Waals surface area contributed by atoms with E-state index in [0.717, 1.165) is 39.8 Å². The van der Waals surface area contributed by atoms with Gasteiger partial charge < -0.3 is 16.0 Å². The van der Waals surface area contributed by atoms with Gasteiger partial charge in [-0.05, 0) is 42.5 Å². The van der Waals surface area contributed by atoms with Gasteiger partial charge >= 0.3 is 0 Å². The van der Waals surface area contributed by atoms with Gasteiger partial charge in [0, 0.05) is 17.4 Å². The van der Waals surface area contributed by atoms with Crippen molar-refractivity contribution < 1.29 is 4.79 Å². The summed E-state index contributed by atoms with van der Waals surface area (Å²) in [5, 5.41) is 18.6. The van der Waals surface area contributed by atoms with Crippen LogP contribution in [0.15, 0.2) is 66.9 Å². The van der Waals surface area contributed by atoms with Crippen LogP contribution in [0.1, 0.15) is 5.56 Å². The Kier molecular flexibility index (Phi) is 3.88. The minimum Gasteiger partial charge on any atom is -0.374 e. The fourth-order valence-electron chi connectivity index (χ4n) is 3.48. The fraction of sp³-hybridized carbons (Fsp3) is 0.0455. The van der Waals surface area contributed by atoms with Crippen molar-refractivity contribution >= 4 is 34.4 Å². The second-order valence-electron chi connectivity index (χ2n) is 6.68. The van der Waals surface area contributed by atoms with E-state index in [2.05, 4.69) is 22.0 Å². The molecule has 0 saturated heterocycles. The number of aromatic nitrogens is 2. The summed E-state index contributed by atoms with van der Waals surface area (Å²) < 4.78 is 1.98. The van der Waals surface area contributed by atoms with E-state index >= 15 is 0 Å². The van der Waals surface area contributed by atoms with E-state index in [1.165, 1.54) is 0 Å². The molecule has 7 heteroatoms. The van der Waals surface area contributed by atoms with Crippen molar-refractivity contribution in [1.29, 1.82) is 5.26 Å². The average molecular weight is 380 g/mol. The van der Waals surface area contributed by atoms with Gasteiger partial charge in [-0.1, -0.05) is 18.2 Å². The van der Waals surface area contributed by atoms with Crippen molar-refractivity contribution in [3.63, 3.8) is 0 Å². The number of nitrogens with zero attached hydrogens (tertiary/aromatic N) is 3. The number of anilines is 4. The Balaban J connectivity index is 1.67. The first kappa shape index (κ1) is 16.8. The van der Waals surface area contributed by atoms with Crippen LogP contribution in [-0.2, 0) is 4.79 Å². The number of fused-ring (bicyclic) bond motifs is 2. The Labute approximate surface area is 166 Å². The molecular weight excluding hydrogens is 364 g/mol. The van der Waals surface area contributed by atoms with Crippen LogP contribution in [0.4, 0.5) is 22.9 Å². The molecule has 0 aliphatic carbocycles. The van der Waals surface area contributed by atoms with E-state index in [1.807, 2.05) is 59.1 Å². The monoisotopic (exact) mass is 380 g/mol. The molecule has 1 aliphatic heterocycles. The summed E-state index contributed by atoms with van der Waals surface area (Å²) in [4.78, 5) is 16.6. The maximum atomic E-state index is 11.7. The Morgan fingerprint density at radius 1 is 1.07 bits per heavy atom. The van der Waals surface area contributed by atoms with Gasteiger partial charge in [0.25, 0.3) is 0 Å². The summed E-state index contributed by atoms with van der Waals surface area (Å²) in [6, 6.07) is 21.0. The highest BCUT2D eigenvalue weighted by Gasteiger charge is 2.22. The van der Waals surface area contributed by atoms with E-state index < -0.39 is 0 Å². The molecule has 3 N–H and O–H groups in total. The largest absolute Gasteiger partial charge is 0.374 e. The van der Waals surface area contributed by atoms with Crippen molar-refractivity contribution in [2.24, 2.45) is 0 Å². The molecule has 1 aliphatic rings. The van der Waals surface area contributed by atoms with Gasteiger partial charge in [0.05, 0.1) is 29.6 Å². The lowest BCUT2D eigenvalue weighted by molar-refractivity contribution is -0.114. The summed E-state index contributed by atoms with van der Waals surface area (Å²) >= 11 is 0. The average Bonchev–Trinajstić information content (AvgIpc) is 3.12. The number of para-hydroxylation sites is 1. The number of imidazole rings is 1. The Morgan fingerprint density at radius 2 is 1.93 bits per heavy atom. The number of amides is 1. The van der Waals surface area contributed by atoms with Crippen molar-refractivity contribution in [2.75, 3.05) is 22.5 Å². The zero-order chi connectivity index (χ0) is 19.8. The maximum absolute atomic E-state index is 11.7. The number of hydrogen-bond donors (Lipinski definition) is 3. The fourth-order valence-corrected chi connectivity index (χ4v) is 3.48. The first-order chi connectivity index (χ1) is 14.2. The van der Waals surface area contributed by atoms with Gasteiger partial charge in [-0.25, -0.2) is 4.98 Å². The lowest BCUT2D eigenvalue weighted by atomic mass is 10.1. The van der Waals surface area contributed by atoms with Gasteiger partial charge in [-0.3, -0.25) is 9.20 Å². The Morgan fingerprint density at radius 3 is 2.76 bits per heavy atom. The second-order valence-corrected chi connectivity index (χ2v) is 6.68. The highest BCUT2D eigenvalue weighted by molar-refractivity contribution is 6.04. The molecule has 1 amide bonds. The number of carbonyl (C=O) groups excluding carboxylic acids is 1. The highest BCUT2D eigenvalue weighted by Crippen LogP contribution is 2.39. The Bertz CT molecular complexity index is 1280. The van der Waals surface area contributed by atoms with Crippen molar-refractivity contribution in [3.8, 4) is 17.3 Å². The van der Waals surface area contributed by atoms with E-state index in [4.69, 9.17) is 10.2 Å². The van der Waals surface area contributed by atoms with Gasteiger partial charge in [0.2, 0.25) is 5.91 Å². The molecule has 2 aromatic heterocycles. The lowest BCUT2D eigenvalue weighted by Crippen LogP contribution is -2.27. The molecule has 3 heterocycles. The van der Waals surface area contributed by atoms with Gasteiger partial charge in [-0.15, -0.1) is 0 Å². The van der Waals surface area contributed by atoms with Crippen LogP contribution in [0.2, 0.25) is 0 Å². The van der Waals surface area contributed by atoms with Crippen LogP contribution in [0.5, 0.6) is 0 Å². The SMILES string of the molecule is N#Cc1ccc(Nc2c(-c3cccc4c3NCC(=O)N4)nc3ccccn23)cc1. The minimum absolute atomic E-state index is 0.0689. The molecule has 0 bridgehead atoms. The molecule has 0 atom stereocenters. The van der Waals surface area contributed by atoms with Crippen molar-refractivity contribution in [2.45, 2.75) is 0 Å². The van der Waals surface area contributed by atoms with Crippen LogP contribution >= 0.6 is 0 Å². The van der Waals surface area contributed by atoms with Crippen LogP contribution < -0.4 is 16.0 Å². The first-order valence-electron chi connectivity index (χ1n) is 9.14. The van der Waals surface area contributed by atoms with Gasteiger partial charge in [0.15, 0.2) is 0 Å². The third-order valence-corrected chi connectivity index (χ3v) is 4.83. The van der Waals surface area contributed by atoms with Crippen LogP contribution in [-0.4, -0.2) is 21.8 Å². The number of nitrogens with one attached hydrogen (secondary N) is 3. The van der Waals surface area contributed by atoms with Crippen LogP contribution in [0.25, 0.3) is 16.9 Å². The molecular formula is C22H16N6O. The highest BCUT2D eigenvalue weighted by atomic mass is 16.2. The zero-order valence-electron chi connectivity index (χ0n) is 15.3. The van der Waals surface area contributed by atoms with Crippen LogP contribution in [0.3, 0.4) is 0 Å². The summed E-state index contributed by atoms with van der Waals surface area (Å²) in [6.45, 7) is 0.218. The maximum Gasteiger partial charge on any atom is 0.243 e. The minimum atomic E-state index is -0.0689. The number of carbonyl (C=O) groups is 1. The smallest absolute Gasteiger partial charge is 0.243 e. The van der Waals surface area contributed by atoms with Crippen molar-refractivity contribution in [1.82, 2.24) is 9.38 Å². The molecule has 0 saturated carbocycles. The standard InChI is InChI=1S/C22H16N6O/c23-12-14-7-9-15(10-8-14)25-22-21(27-18-6-1-2-11-28(18)22)16-4-3-5-17-20(16)24-13-19(29)26-17/h1-11,24-25H,13H2,(H,26,29).